The first kappa shape index (κ1) is 13.0. The van der Waals surface area contributed by atoms with E-state index in [9.17, 15) is 9.18 Å². The molecule has 1 N–H and O–H groups in total. The SMILES string of the molecule is CN(C(=O)CNCCc1ccc(F)cc1)C1CC1. The Morgan fingerprint density at radius 1 is 1.39 bits per heavy atom. The average Bonchev–Trinajstić information content (AvgIpc) is 3.20. The Morgan fingerprint density at radius 2 is 2.06 bits per heavy atom. The van der Waals surface area contributed by atoms with Crippen molar-refractivity contribution in [3.05, 3.63) is 35.6 Å². The highest BCUT2D eigenvalue weighted by Crippen LogP contribution is 2.24. The maximum Gasteiger partial charge on any atom is 0.236 e. The van der Waals surface area contributed by atoms with Crippen LogP contribution in [0.2, 0.25) is 0 Å². The third kappa shape index (κ3) is 3.81. The molecule has 0 aliphatic heterocycles. The quantitative estimate of drug-likeness (QED) is 0.777. The summed E-state index contributed by atoms with van der Waals surface area (Å²) in [7, 11) is 1.86. The van der Waals surface area contributed by atoms with Crippen LogP contribution in [0, 0.1) is 5.82 Å². The summed E-state index contributed by atoms with van der Waals surface area (Å²) in [6.07, 6.45) is 3.08. The minimum atomic E-state index is -0.215. The van der Waals surface area contributed by atoms with Gasteiger partial charge >= 0.3 is 0 Å². The van der Waals surface area contributed by atoms with E-state index < -0.39 is 0 Å². The van der Waals surface area contributed by atoms with Gasteiger partial charge in [0.05, 0.1) is 6.54 Å². The number of carbonyl (C=O) groups excluding carboxylic acids is 1. The van der Waals surface area contributed by atoms with Crippen LogP contribution in [0.25, 0.3) is 0 Å². The molecule has 0 heterocycles. The molecule has 1 aromatic rings. The van der Waals surface area contributed by atoms with Crippen molar-refractivity contribution in [3.63, 3.8) is 0 Å². The molecule has 4 heteroatoms. The number of rotatable bonds is 6. The van der Waals surface area contributed by atoms with Crippen LogP contribution < -0.4 is 5.32 Å². The predicted octanol–water partition coefficient (Wildman–Crippen LogP) is 1.58. The molecule has 2 rings (SSSR count). The lowest BCUT2D eigenvalue weighted by molar-refractivity contribution is -0.129. The summed E-state index contributed by atoms with van der Waals surface area (Å²) in [5.41, 5.74) is 1.08. The zero-order valence-corrected chi connectivity index (χ0v) is 10.7. The van der Waals surface area contributed by atoms with E-state index in [0.717, 1.165) is 31.4 Å². The Balaban J connectivity index is 1.63. The fourth-order valence-corrected chi connectivity index (χ4v) is 1.87. The minimum absolute atomic E-state index is 0.150. The number of halogens is 1. The number of carbonyl (C=O) groups is 1. The highest BCUT2D eigenvalue weighted by molar-refractivity contribution is 5.78. The molecule has 1 fully saturated rings. The van der Waals surface area contributed by atoms with Crippen molar-refractivity contribution in [3.8, 4) is 0 Å². The van der Waals surface area contributed by atoms with Crippen LogP contribution in [0.1, 0.15) is 18.4 Å². The lowest BCUT2D eigenvalue weighted by Gasteiger charge is -2.16. The lowest BCUT2D eigenvalue weighted by Crippen LogP contribution is -2.37. The molecule has 0 atom stereocenters. The van der Waals surface area contributed by atoms with Gasteiger partial charge in [0.1, 0.15) is 5.82 Å². The largest absolute Gasteiger partial charge is 0.342 e. The van der Waals surface area contributed by atoms with E-state index in [-0.39, 0.29) is 11.7 Å². The number of hydrogen-bond acceptors (Lipinski definition) is 2. The summed E-state index contributed by atoms with van der Waals surface area (Å²) < 4.78 is 12.7. The molecule has 1 amide bonds. The second-order valence-electron chi connectivity index (χ2n) is 4.79. The predicted molar refractivity (Wildman–Crippen MR) is 68.8 cm³/mol. The van der Waals surface area contributed by atoms with Gasteiger partial charge in [0.15, 0.2) is 0 Å². The Bertz CT molecular complexity index is 401. The van der Waals surface area contributed by atoms with Crippen molar-refractivity contribution >= 4 is 5.91 Å². The van der Waals surface area contributed by atoms with Crippen LogP contribution in [-0.2, 0) is 11.2 Å². The summed E-state index contributed by atoms with van der Waals surface area (Å²) in [6.45, 7) is 1.12. The molecule has 0 spiro atoms. The van der Waals surface area contributed by atoms with Crippen molar-refractivity contribution < 1.29 is 9.18 Å². The maximum atomic E-state index is 12.7. The second-order valence-corrected chi connectivity index (χ2v) is 4.79. The van der Waals surface area contributed by atoms with Crippen LogP contribution >= 0.6 is 0 Å². The fourth-order valence-electron chi connectivity index (χ4n) is 1.87. The van der Waals surface area contributed by atoms with Crippen LogP contribution in [-0.4, -0.2) is 37.0 Å². The molecule has 0 radical (unpaired) electrons. The van der Waals surface area contributed by atoms with Gasteiger partial charge in [0.25, 0.3) is 0 Å². The van der Waals surface area contributed by atoms with E-state index in [1.54, 1.807) is 12.1 Å². The van der Waals surface area contributed by atoms with E-state index in [4.69, 9.17) is 0 Å². The van der Waals surface area contributed by atoms with E-state index in [0.29, 0.717) is 12.6 Å². The van der Waals surface area contributed by atoms with E-state index in [1.807, 2.05) is 11.9 Å². The Morgan fingerprint density at radius 3 is 2.67 bits per heavy atom. The van der Waals surface area contributed by atoms with Crippen LogP contribution in [0.4, 0.5) is 4.39 Å². The first-order valence-corrected chi connectivity index (χ1v) is 6.37. The highest BCUT2D eigenvalue weighted by atomic mass is 19.1. The van der Waals surface area contributed by atoms with Gasteiger partial charge in [-0.1, -0.05) is 12.1 Å². The summed E-state index contributed by atoms with van der Waals surface area (Å²) >= 11 is 0. The van der Waals surface area contributed by atoms with Gasteiger partial charge < -0.3 is 10.2 Å². The topological polar surface area (TPSA) is 32.3 Å². The zero-order chi connectivity index (χ0) is 13.0. The molecule has 0 unspecified atom stereocenters. The second kappa shape index (κ2) is 5.96. The Kier molecular flexibility index (Phi) is 4.31. The summed E-state index contributed by atoms with van der Waals surface area (Å²) in [5, 5.41) is 3.13. The summed E-state index contributed by atoms with van der Waals surface area (Å²) in [4.78, 5) is 13.5. The summed E-state index contributed by atoms with van der Waals surface area (Å²) in [5.74, 6) is -0.0652. The number of nitrogens with one attached hydrogen (secondary N) is 1. The fraction of sp³-hybridized carbons (Fsp3) is 0.500. The van der Waals surface area contributed by atoms with E-state index in [2.05, 4.69) is 5.32 Å². The smallest absolute Gasteiger partial charge is 0.236 e. The van der Waals surface area contributed by atoms with Gasteiger partial charge in [-0.2, -0.15) is 0 Å². The van der Waals surface area contributed by atoms with Crippen molar-refractivity contribution in [2.75, 3.05) is 20.1 Å². The first-order chi connectivity index (χ1) is 8.66. The molecule has 1 aliphatic rings. The van der Waals surface area contributed by atoms with Gasteiger partial charge in [-0.15, -0.1) is 0 Å². The molecule has 1 aliphatic carbocycles. The molecule has 0 saturated heterocycles. The molecule has 18 heavy (non-hydrogen) atoms. The molecule has 0 bridgehead atoms. The van der Waals surface area contributed by atoms with Gasteiger partial charge in [-0.05, 0) is 43.5 Å². The zero-order valence-electron chi connectivity index (χ0n) is 10.7. The molecule has 0 aromatic heterocycles. The number of amides is 1. The monoisotopic (exact) mass is 250 g/mol. The first-order valence-electron chi connectivity index (χ1n) is 6.37. The molecule has 1 saturated carbocycles. The molecular formula is C14H19FN2O. The normalized spacial score (nSPS) is 14.6. The van der Waals surface area contributed by atoms with Gasteiger partial charge in [-0.25, -0.2) is 4.39 Å². The number of hydrogen-bond donors (Lipinski definition) is 1. The van der Waals surface area contributed by atoms with Crippen molar-refractivity contribution in [2.24, 2.45) is 0 Å². The van der Waals surface area contributed by atoms with Crippen molar-refractivity contribution in [1.82, 2.24) is 10.2 Å². The standard InChI is InChI=1S/C14H19FN2O/c1-17(13-6-7-13)14(18)10-16-9-8-11-2-4-12(15)5-3-11/h2-5,13,16H,6-10H2,1H3. The van der Waals surface area contributed by atoms with Crippen LogP contribution in [0.15, 0.2) is 24.3 Å². The third-order valence-electron chi connectivity index (χ3n) is 3.27. The van der Waals surface area contributed by atoms with E-state index >= 15 is 0 Å². The minimum Gasteiger partial charge on any atom is -0.342 e. The van der Waals surface area contributed by atoms with Crippen molar-refractivity contribution in [1.29, 1.82) is 0 Å². The maximum absolute atomic E-state index is 12.7. The van der Waals surface area contributed by atoms with E-state index in [1.165, 1.54) is 12.1 Å². The lowest BCUT2D eigenvalue weighted by atomic mass is 10.1. The number of benzene rings is 1. The summed E-state index contributed by atoms with van der Waals surface area (Å²) in [6, 6.07) is 6.93. The van der Waals surface area contributed by atoms with Gasteiger partial charge in [-0.3, -0.25) is 4.79 Å². The Hall–Kier alpha value is -1.42. The molecule has 1 aromatic carbocycles. The number of nitrogens with zero attached hydrogens (tertiary/aromatic N) is 1. The highest BCUT2D eigenvalue weighted by Gasteiger charge is 2.28. The molecule has 3 nitrogen and oxygen atoms in total. The Labute approximate surface area is 107 Å². The van der Waals surface area contributed by atoms with Crippen LogP contribution in [0.3, 0.4) is 0 Å². The molecular weight excluding hydrogens is 231 g/mol. The van der Waals surface area contributed by atoms with Gasteiger partial charge in [0, 0.05) is 13.1 Å². The average molecular weight is 250 g/mol. The number of likely N-dealkylation sites (N-methyl/N-ethyl adjacent to an activating group) is 1. The van der Waals surface area contributed by atoms with Gasteiger partial charge in [0.2, 0.25) is 5.91 Å². The van der Waals surface area contributed by atoms with Crippen LogP contribution in [0.5, 0.6) is 0 Å². The third-order valence-corrected chi connectivity index (χ3v) is 3.27. The van der Waals surface area contributed by atoms with Crippen molar-refractivity contribution in [2.45, 2.75) is 25.3 Å². The molecule has 98 valence electrons.